The lowest BCUT2D eigenvalue weighted by Gasteiger charge is -2.08. The fourth-order valence-electron chi connectivity index (χ4n) is 2.99. The Morgan fingerprint density at radius 1 is 1.10 bits per heavy atom. The summed E-state index contributed by atoms with van der Waals surface area (Å²) in [4.78, 5) is 16.9. The molecule has 4 aromatic rings. The van der Waals surface area contributed by atoms with Crippen molar-refractivity contribution < 1.29 is 13.9 Å². The molecule has 0 radical (unpaired) electrons. The number of rotatable bonds is 5. The zero-order valence-electron chi connectivity index (χ0n) is 15.9. The lowest BCUT2D eigenvalue weighted by Crippen LogP contribution is -2.07. The van der Waals surface area contributed by atoms with Gasteiger partial charge in [-0.3, -0.25) is 4.79 Å². The van der Waals surface area contributed by atoms with Gasteiger partial charge in [-0.1, -0.05) is 41.4 Å². The fourth-order valence-corrected chi connectivity index (χ4v) is 3.58. The topological polar surface area (TPSA) is 64.4 Å². The highest BCUT2D eigenvalue weighted by Crippen LogP contribution is 2.33. The molecule has 0 aliphatic rings. The number of hydrogen-bond acceptors (Lipinski definition) is 4. The zero-order valence-corrected chi connectivity index (χ0v) is 17.4. The first kappa shape index (κ1) is 20.0. The van der Waals surface area contributed by atoms with Crippen molar-refractivity contribution in [2.75, 3.05) is 12.4 Å². The van der Waals surface area contributed by atoms with E-state index in [1.54, 1.807) is 30.3 Å². The maximum absolute atomic E-state index is 12.4. The van der Waals surface area contributed by atoms with Crippen LogP contribution in [0.4, 0.5) is 5.69 Å². The second-order valence-electron chi connectivity index (χ2n) is 6.40. The van der Waals surface area contributed by atoms with Gasteiger partial charge in [0.2, 0.25) is 11.8 Å². The minimum Gasteiger partial charge on any atom is -0.495 e. The van der Waals surface area contributed by atoms with Gasteiger partial charge in [-0.05, 0) is 48.5 Å². The van der Waals surface area contributed by atoms with Gasteiger partial charge < -0.3 is 14.5 Å². The van der Waals surface area contributed by atoms with E-state index in [4.69, 9.17) is 32.4 Å². The fraction of sp³-hybridized carbons (Fsp3) is 0.0435. The van der Waals surface area contributed by atoms with E-state index in [9.17, 15) is 4.79 Å². The first-order chi connectivity index (χ1) is 14.5. The summed E-state index contributed by atoms with van der Waals surface area (Å²) in [6.45, 7) is 0. The molecule has 1 aromatic heterocycles. The van der Waals surface area contributed by atoms with Crippen LogP contribution in [-0.2, 0) is 4.79 Å². The van der Waals surface area contributed by atoms with Crippen molar-refractivity contribution in [3.63, 3.8) is 0 Å². The Morgan fingerprint density at radius 3 is 2.73 bits per heavy atom. The molecule has 1 heterocycles. The number of hydrogen-bond donors (Lipinski definition) is 1. The first-order valence-corrected chi connectivity index (χ1v) is 9.77. The number of fused-ring (bicyclic) bond motifs is 1. The van der Waals surface area contributed by atoms with E-state index >= 15 is 0 Å². The average Bonchev–Trinajstić information content (AvgIpc) is 3.16. The quantitative estimate of drug-likeness (QED) is 0.363. The van der Waals surface area contributed by atoms with Crippen molar-refractivity contribution in [2.45, 2.75) is 0 Å². The van der Waals surface area contributed by atoms with Crippen molar-refractivity contribution in [2.24, 2.45) is 0 Å². The number of halogens is 2. The third-order valence-electron chi connectivity index (χ3n) is 4.33. The molecule has 0 saturated heterocycles. The van der Waals surface area contributed by atoms with Crippen molar-refractivity contribution in [3.8, 4) is 17.2 Å². The van der Waals surface area contributed by atoms with Gasteiger partial charge in [0.1, 0.15) is 11.3 Å². The molecule has 0 bridgehead atoms. The SMILES string of the molecule is COc1c(Cl)cc(Cl)cc1C=CC(=O)Nc1cccc(-c2nc3ccccc3o2)c1. The van der Waals surface area contributed by atoms with Crippen LogP contribution in [0.15, 0.2) is 71.2 Å². The number of para-hydroxylation sites is 2. The minimum absolute atomic E-state index is 0.317. The van der Waals surface area contributed by atoms with Crippen LogP contribution in [-0.4, -0.2) is 18.0 Å². The molecule has 0 spiro atoms. The third-order valence-corrected chi connectivity index (χ3v) is 4.83. The summed E-state index contributed by atoms with van der Waals surface area (Å²) in [6.07, 6.45) is 2.98. The molecule has 7 heteroatoms. The molecule has 150 valence electrons. The molecule has 0 aliphatic carbocycles. The molecule has 0 aliphatic heterocycles. The molecule has 4 rings (SSSR count). The Morgan fingerprint density at radius 2 is 1.93 bits per heavy atom. The maximum Gasteiger partial charge on any atom is 0.248 e. The minimum atomic E-state index is -0.317. The molecule has 0 saturated carbocycles. The number of nitrogens with one attached hydrogen (secondary N) is 1. The smallest absolute Gasteiger partial charge is 0.248 e. The Hall–Kier alpha value is -3.28. The Balaban J connectivity index is 1.53. The van der Waals surface area contributed by atoms with E-state index in [0.29, 0.717) is 38.5 Å². The van der Waals surface area contributed by atoms with E-state index in [2.05, 4.69) is 10.3 Å². The number of aromatic nitrogens is 1. The summed E-state index contributed by atoms with van der Waals surface area (Å²) in [5.41, 5.74) is 3.46. The third kappa shape index (κ3) is 4.32. The normalized spacial score (nSPS) is 11.2. The van der Waals surface area contributed by atoms with Gasteiger partial charge in [0.25, 0.3) is 0 Å². The number of anilines is 1. The van der Waals surface area contributed by atoms with Gasteiger partial charge in [-0.2, -0.15) is 0 Å². The largest absolute Gasteiger partial charge is 0.495 e. The highest BCUT2D eigenvalue weighted by Gasteiger charge is 2.10. The average molecular weight is 439 g/mol. The van der Waals surface area contributed by atoms with Gasteiger partial charge in [0, 0.05) is 27.9 Å². The molecule has 3 aromatic carbocycles. The Bertz CT molecular complexity index is 1230. The van der Waals surface area contributed by atoms with Crippen LogP contribution in [0.3, 0.4) is 0 Å². The number of methoxy groups -OCH3 is 1. The van der Waals surface area contributed by atoms with Crippen LogP contribution in [0.1, 0.15) is 5.56 Å². The van der Waals surface area contributed by atoms with E-state index < -0.39 is 0 Å². The van der Waals surface area contributed by atoms with Crippen LogP contribution in [0.2, 0.25) is 10.0 Å². The standard InChI is InChI=1S/C23H16Cl2N2O3/c1-29-22-14(11-16(24)13-18(22)25)9-10-21(28)26-17-6-4-5-15(12-17)23-27-19-7-2-3-8-20(19)30-23/h2-13H,1H3,(H,26,28). The summed E-state index contributed by atoms with van der Waals surface area (Å²) in [6, 6.07) is 18.1. The summed E-state index contributed by atoms with van der Waals surface area (Å²) in [5.74, 6) is 0.618. The molecule has 0 fully saturated rings. The molecular weight excluding hydrogens is 423 g/mol. The molecular formula is C23H16Cl2N2O3. The molecule has 0 atom stereocenters. The van der Waals surface area contributed by atoms with E-state index in [1.165, 1.54) is 13.2 Å². The number of carbonyl (C=O) groups excluding carboxylic acids is 1. The number of amides is 1. The lowest BCUT2D eigenvalue weighted by molar-refractivity contribution is -0.111. The highest BCUT2D eigenvalue weighted by molar-refractivity contribution is 6.36. The summed E-state index contributed by atoms with van der Waals surface area (Å²) in [7, 11) is 1.50. The van der Waals surface area contributed by atoms with Gasteiger partial charge in [-0.15, -0.1) is 0 Å². The molecule has 1 N–H and O–H groups in total. The van der Waals surface area contributed by atoms with Crippen LogP contribution >= 0.6 is 23.2 Å². The van der Waals surface area contributed by atoms with Gasteiger partial charge in [0.15, 0.2) is 5.58 Å². The summed E-state index contributed by atoms with van der Waals surface area (Å²) in [5, 5.41) is 3.64. The number of benzene rings is 3. The number of nitrogens with zero attached hydrogens (tertiary/aromatic N) is 1. The van der Waals surface area contributed by atoms with E-state index in [-0.39, 0.29) is 5.91 Å². The van der Waals surface area contributed by atoms with E-state index in [1.807, 2.05) is 36.4 Å². The number of ether oxygens (including phenoxy) is 1. The second-order valence-corrected chi connectivity index (χ2v) is 7.24. The van der Waals surface area contributed by atoms with Crippen molar-refractivity contribution in [1.82, 2.24) is 4.98 Å². The van der Waals surface area contributed by atoms with Crippen LogP contribution < -0.4 is 10.1 Å². The van der Waals surface area contributed by atoms with Crippen LogP contribution in [0.25, 0.3) is 28.6 Å². The van der Waals surface area contributed by atoms with Gasteiger partial charge in [-0.25, -0.2) is 4.98 Å². The number of oxazole rings is 1. The lowest BCUT2D eigenvalue weighted by atomic mass is 10.1. The van der Waals surface area contributed by atoms with E-state index in [0.717, 1.165) is 11.1 Å². The predicted octanol–water partition coefficient (Wildman–Crippen LogP) is 6.46. The summed E-state index contributed by atoms with van der Waals surface area (Å²) >= 11 is 12.2. The molecule has 5 nitrogen and oxygen atoms in total. The first-order valence-electron chi connectivity index (χ1n) is 9.01. The van der Waals surface area contributed by atoms with Crippen molar-refractivity contribution >= 4 is 52.0 Å². The highest BCUT2D eigenvalue weighted by atomic mass is 35.5. The maximum atomic E-state index is 12.4. The summed E-state index contributed by atoms with van der Waals surface area (Å²) < 4.78 is 11.1. The number of carbonyl (C=O) groups is 1. The monoisotopic (exact) mass is 438 g/mol. The Kier molecular flexibility index (Phi) is 5.74. The van der Waals surface area contributed by atoms with Crippen molar-refractivity contribution in [3.05, 3.63) is 82.3 Å². The zero-order chi connectivity index (χ0) is 21.1. The van der Waals surface area contributed by atoms with Gasteiger partial charge in [0.05, 0.1) is 12.1 Å². The Labute approximate surface area is 182 Å². The van der Waals surface area contributed by atoms with Crippen LogP contribution in [0.5, 0.6) is 5.75 Å². The molecule has 0 unspecified atom stereocenters. The second kappa shape index (κ2) is 8.61. The predicted molar refractivity (Wildman–Crippen MR) is 120 cm³/mol. The molecule has 1 amide bonds. The van der Waals surface area contributed by atoms with Crippen molar-refractivity contribution in [1.29, 1.82) is 0 Å². The van der Waals surface area contributed by atoms with Gasteiger partial charge >= 0.3 is 0 Å². The van der Waals surface area contributed by atoms with Crippen LogP contribution in [0, 0.1) is 0 Å². The molecule has 30 heavy (non-hydrogen) atoms.